The molecule has 0 aliphatic carbocycles. The van der Waals surface area contributed by atoms with Crippen LogP contribution in [0.2, 0.25) is 5.02 Å². The number of fused-ring (bicyclic) bond motifs is 1. The van der Waals surface area contributed by atoms with Gasteiger partial charge < -0.3 is 5.32 Å². The van der Waals surface area contributed by atoms with Crippen LogP contribution in [0.3, 0.4) is 0 Å². The van der Waals surface area contributed by atoms with Crippen molar-refractivity contribution in [1.82, 2.24) is 19.3 Å². The summed E-state index contributed by atoms with van der Waals surface area (Å²) >= 11 is 5.57. The van der Waals surface area contributed by atoms with Crippen LogP contribution in [0, 0.1) is 10.1 Å². The van der Waals surface area contributed by atoms with Gasteiger partial charge in [-0.15, -0.1) is 0 Å². The lowest BCUT2D eigenvalue weighted by Gasteiger charge is -2.12. The summed E-state index contributed by atoms with van der Waals surface area (Å²) in [6.45, 7) is -0.553. The van der Waals surface area contributed by atoms with E-state index in [1.165, 1.54) is 24.3 Å². The average molecular weight is 493 g/mol. The zero-order chi connectivity index (χ0) is 24.6. The zero-order valence-electron chi connectivity index (χ0n) is 16.8. The average Bonchev–Trinajstić information content (AvgIpc) is 3.21. The van der Waals surface area contributed by atoms with Crippen molar-refractivity contribution in [2.75, 3.05) is 5.32 Å². The van der Waals surface area contributed by atoms with E-state index in [2.05, 4.69) is 15.4 Å². The number of hydrogen-bond acceptors (Lipinski definition) is 6. The number of halogens is 4. The zero-order valence-corrected chi connectivity index (χ0v) is 17.5. The summed E-state index contributed by atoms with van der Waals surface area (Å²) in [6, 6.07) is 8.61. The molecule has 0 saturated heterocycles. The van der Waals surface area contributed by atoms with Gasteiger partial charge in [-0.1, -0.05) is 23.7 Å². The Morgan fingerprint density at radius 1 is 1.21 bits per heavy atom. The number of anilines is 1. The molecule has 1 amide bonds. The number of amides is 1. The summed E-state index contributed by atoms with van der Waals surface area (Å²) in [7, 11) is 0. The van der Waals surface area contributed by atoms with Crippen molar-refractivity contribution in [2.45, 2.75) is 12.7 Å². The molecule has 0 atom stereocenters. The molecule has 0 saturated carbocycles. The second-order valence-electron chi connectivity index (χ2n) is 6.96. The molecule has 0 bridgehead atoms. The molecule has 14 heteroatoms. The van der Waals surface area contributed by atoms with E-state index >= 15 is 0 Å². The fraction of sp³-hybridized carbons (Fsp3) is 0.100. The van der Waals surface area contributed by atoms with E-state index < -0.39 is 39.7 Å². The third kappa shape index (κ3) is 4.32. The molecule has 0 aliphatic rings. The van der Waals surface area contributed by atoms with Gasteiger partial charge in [-0.3, -0.25) is 24.3 Å². The lowest BCUT2D eigenvalue weighted by molar-refractivity contribution is -0.384. The number of carbonyl (C=O) groups is 1. The number of para-hydroxylation sites is 2. The molecule has 4 aromatic rings. The Morgan fingerprint density at radius 3 is 2.65 bits per heavy atom. The van der Waals surface area contributed by atoms with Crippen LogP contribution in [0.15, 0.2) is 59.8 Å². The van der Waals surface area contributed by atoms with E-state index in [-0.39, 0.29) is 28.1 Å². The summed E-state index contributed by atoms with van der Waals surface area (Å²) in [5, 5.41) is 17.1. The second kappa shape index (κ2) is 8.59. The Labute approximate surface area is 192 Å². The van der Waals surface area contributed by atoms with Crippen LogP contribution in [0.4, 0.5) is 24.5 Å². The molecule has 2 aromatic carbocycles. The van der Waals surface area contributed by atoms with E-state index in [9.17, 15) is 32.9 Å². The van der Waals surface area contributed by atoms with Crippen LogP contribution >= 0.6 is 11.6 Å². The normalized spacial score (nSPS) is 11.5. The topological polar surface area (TPSA) is 125 Å². The van der Waals surface area contributed by atoms with Gasteiger partial charge in [-0.05, 0) is 24.3 Å². The van der Waals surface area contributed by atoms with Crippen molar-refractivity contribution >= 4 is 39.9 Å². The van der Waals surface area contributed by atoms with Crippen LogP contribution in [0.1, 0.15) is 5.56 Å². The van der Waals surface area contributed by atoms with Crippen molar-refractivity contribution in [3.8, 4) is 5.69 Å². The highest BCUT2D eigenvalue weighted by molar-refractivity contribution is 6.31. The number of alkyl halides is 3. The summed E-state index contributed by atoms with van der Waals surface area (Å²) in [5.41, 5.74) is -2.07. The Kier molecular flexibility index (Phi) is 5.79. The van der Waals surface area contributed by atoms with Gasteiger partial charge in [0.15, 0.2) is 5.65 Å². The molecule has 10 nitrogen and oxygen atoms in total. The fourth-order valence-corrected chi connectivity index (χ4v) is 3.44. The first-order valence-electron chi connectivity index (χ1n) is 9.40. The van der Waals surface area contributed by atoms with Gasteiger partial charge in [0.2, 0.25) is 5.91 Å². The summed E-state index contributed by atoms with van der Waals surface area (Å²) < 4.78 is 41.1. The smallest absolute Gasteiger partial charge is 0.325 e. The van der Waals surface area contributed by atoms with E-state index in [0.717, 1.165) is 27.8 Å². The van der Waals surface area contributed by atoms with Crippen molar-refractivity contribution in [2.24, 2.45) is 0 Å². The molecule has 0 unspecified atom stereocenters. The molecular weight excluding hydrogens is 481 g/mol. The molecule has 0 fully saturated rings. The number of hydrogen-bond donors (Lipinski definition) is 1. The SMILES string of the molecule is O=C(Cn1cnc2c(cnn2-c2ccccc2[N+](=O)[O-])c1=O)Nc1ccc(Cl)c(C(F)(F)F)c1. The summed E-state index contributed by atoms with van der Waals surface area (Å²) in [4.78, 5) is 39.9. The number of benzene rings is 2. The highest BCUT2D eigenvalue weighted by atomic mass is 35.5. The minimum Gasteiger partial charge on any atom is -0.325 e. The third-order valence-corrected chi connectivity index (χ3v) is 5.06. The van der Waals surface area contributed by atoms with Gasteiger partial charge in [0.25, 0.3) is 11.2 Å². The predicted molar refractivity (Wildman–Crippen MR) is 115 cm³/mol. The standard InChI is InChI=1S/C20H12ClF3N6O4/c21-14-6-5-11(7-13(14)20(22,23)24)27-17(31)9-28-10-25-18-12(19(28)32)8-26-29(18)15-3-1-2-4-16(15)30(33)34/h1-8,10H,9H2,(H,27,31). The number of aromatic nitrogens is 4. The lowest BCUT2D eigenvalue weighted by Crippen LogP contribution is -2.28. The maximum absolute atomic E-state index is 13.0. The molecule has 4 rings (SSSR count). The van der Waals surface area contributed by atoms with E-state index in [1.54, 1.807) is 6.07 Å². The maximum Gasteiger partial charge on any atom is 0.417 e. The largest absolute Gasteiger partial charge is 0.417 e. The number of nitrogens with one attached hydrogen (secondary N) is 1. The van der Waals surface area contributed by atoms with E-state index in [4.69, 9.17) is 11.6 Å². The van der Waals surface area contributed by atoms with Crippen LogP contribution in [0.5, 0.6) is 0 Å². The summed E-state index contributed by atoms with van der Waals surface area (Å²) in [5.74, 6) is -0.787. The molecule has 1 N–H and O–H groups in total. The number of rotatable bonds is 5. The van der Waals surface area contributed by atoms with Crippen molar-refractivity contribution in [3.63, 3.8) is 0 Å². The molecule has 34 heavy (non-hydrogen) atoms. The second-order valence-corrected chi connectivity index (χ2v) is 7.36. The minimum absolute atomic E-state index is 0.0145. The van der Waals surface area contributed by atoms with Crippen LogP contribution in [-0.4, -0.2) is 30.2 Å². The first kappa shape index (κ1) is 22.9. The van der Waals surface area contributed by atoms with Gasteiger partial charge >= 0.3 is 6.18 Å². The molecule has 0 aliphatic heterocycles. The van der Waals surface area contributed by atoms with Crippen LogP contribution < -0.4 is 10.9 Å². The number of nitro groups is 1. The Hall–Kier alpha value is -4.26. The predicted octanol–water partition coefficient (Wildman–Crippen LogP) is 3.80. The number of nitro benzene ring substituents is 1. The lowest BCUT2D eigenvalue weighted by atomic mass is 10.2. The van der Waals surface area contributed by atoms with Crippen molar-refractivity contribution in [3.05, 3.63) is 86.0 Å². The quantitative estimate of drug-likeness (QED) is 0.334. The van der Waals surface area contributed by atoms with Crippen LogP contribution in [0.25, 0.3) is 16.7 Å². The van der Waals surface area contributed by atoms with Crippen molar-refractivity contribution < 1.29 is 22.9 Å². The van der Waals surface area contributed by atoms with Gasteiger partial charge in [0.1, 0.15) is 23.9 Å². The van der Waals surface area contributed by atoms with Crippen molar-refractivity contribution in [1.29, 1.82) is 0 Å². The minimum atomic E-state index is -4.71. The maximum atomic E-state index is 13.0. The van der Waals surface area contributed by atoms with Gasteiger partial charge in [-0.25, -0.2) is 9.67 Å². The molecule has 174 valence electrons. The fourth-order valence-electron chi connectivity index (χ4n) is 3.21. The first-order chi connectivity index (χ1) is 16.1. The van der Waals surface area contributed by atoms with E-state index in [1.807, 2.05) is 0 Å². The number of carbonyl (C=O) groups excluding carboxylic acids is 1. The van der Waals surface area contributed by atoms with E-state index in [0.29, 0.717) is 6.07 Å². The molecule has 2 aromatic heterocycles. The Morgan fingerprint density at radius 2 is 1.94 bits per heavy atom. The molecular formula is C20H12ClF3N6O4. The highest BCUT2D eigenvalue weighted by Gasteiger charge is 2.33. The first-order valence-corrected chi connectivity index (χ1v) is 9.77. The Bertz CT molecular complexity index is 1500. The van der Waals surface area contributed by atoms with Gasteiger partial charge in [-0.2, -0.15) is 18.3 Å². The Balaban J connectivity index is 1.61. The molecule has 2 heterocycles. The molecule has 0 spiro atoms. The summed E-state index contributed by atoms with van der Waals surface area (Å²) in [6.07, 6.45) is -2.51. The third-order valence-electron chi connectivity index (χ3n) is 4.73. The molecule has 0 radical (unpaired) electrons. The highest BCUT2D eigenvalue weighted by Crippen LogP contribution is 2.36. The van der Waals surface area contributed by atoms with Crippen LogP contribution in [-0.2, 0) is 17.5 Å². The number of nitrogens with zero attached hydrogens (tertiary/aromatic N) is 5. The van der Waals surface area contributed by atoms with Gasteiger partial charge in [0, 0.05) is 11.8 Å². The van der Waals surface area contributed by atoms with Gasteiger partial charge in [0.05, 0.1) is 21.7 Å². The monoisotopic (exact) mass is 492 g/mol.